The van der Waals surface area contributed by atoms with E-state index in [2.05, 4.69) is 16.0 Å². The number of carbonyl (C=O) groups is 4. The van der Waals surface area contributed by atoms with Crippen LogP contribution in [-0.4, -0.2) is 81.1 Å². The SMILES string of the molecule is COc1ccc(OCCNC(=O)[C@@H]2CC(=O)N[C@H](CC(C)C)C(=O)N(C)CCOc3ccccc3C(=O)N2)cc1. The van der Waals surface area contributed by atoms with Crippen LogP contribution >= 0.6 is 0 Å². The predicted octanol–water partition coefficient (Wildman–Crippen LogP) is 1.76. The van der Waals surface area contributed by atoms with Crippen LogP contribution in [0.4, 0.5) is 0 Å². The summed E-state index contributed by atoms with van der Waals surface area (Å²) in [6.07, 6.45) is 0.0655. The van der Waals surface area contributed by atoms with Crippen LogP contribution in [0.25, 0.3) is 0 Å². The first-order valence-corrected chi connectivity index (χ1v) is 13.3. The van der Waals surface area contributed by atoms with Gasteiger partial charge in [0.05, 0.1) is 32.2 Å². The monoisotopic (exact) mass is 554 g/mol. The smallest absolute Gasteiger partial charge is 0.255 e. The zero-order valence-corrected chi connectivity index (χ0v) is 23.4. The van der Waals surface area contributed by atoms with Gasteiger partial charge in [0.2, 0.25) is 17.7 Å². The van der Waals surface area contributed by atoms with E-state index in [1.807, 2.05) is 13.8 Å². The Kier molecular flexibility index (Phi) is 11.2. The van der Waals surface area contributed by atoms with Gasteiger partial charge in [-0.15, -0.1) is 0 Å². The summed E-state index contributed by atoms with van der Waals surface area (Å²) in [7, 11) is 3.21. The zero-order chi connectivity index (χ0) is 29.1. The molecule has 0 bridgehead atoms. The lowest BCUT2D eigenvalue weighted by Crippen LogP contribution is -2.53. The number of nitrogens with one attached hydrogen (secondary N) is 3. The van der Waals surface area contributed by atoms with Crippen LogP contribution in [0.3, 0.4) is 0 Å². The van der Waals surface area contributed by atoms with Crippen LogP contribution in [0.15, 0.2) is 48.5 Å². The Morgan fingerprint density at radius 3 is 2.48 bits per heavy atom. The Morgan fingerprint density at radius 2 is 1.77 bits per heavy atom. The van der Waals surface area contributed by atoms with Gasteiger partial charge in [-0.2, -0.15) is 0 Å². The molecule has 0 radical (unpaired) electrons. The summed E-state index contributed by atoms with van der Waals surface area (Å²) in [5.41, 5.74) is 0.215. The van der Waals surface area contributed by atoms with E-state index in [0.717, 1.165) is 0 Å². The first kappa shape index (κ1) is 30.3. The van der Waals surface area contributed by atoms with E-state index in [4.69, 9.17) is 14.2 Å². The lowest BCUT2D eigenvalue weighted by Gasteiger charge is -2.27. The van der Waals surface area contributed by atoms with Gasteiger partial charge in [0.15, 0.2) is 0 Å². The summed E-state index contributed by atoms with van der Waals surface area (Å²) in [5, 5.41) is 8.14. The quantitative estimate of drug-likeness (QED) is 0.423. The first-order valence-electron chi connectivity index (χ1n) is 13.3. The number of nitrogens with zero attached hydrogens (tertiary/aromatic N) is 1. The van der Waals surface area contributed by atoms with Crippen molar-refractivity contribution in [2.24, 2.45) is 5.92 Å². The Hall–Kier alpha value is -4.28. The molecule has 0 fully saturated rings. The number of fused-ring (bicyclic) bond motifs is 1. The van der Waals surface area contributed by atoms with Gasteiger partial charge >= 0.3 is 0 Å². The molecule has 0 spiro atoms. The van der Waals surface area contributed by atoms with Crippen molar-refractivity contribution in [1.82, 2.24) is 20.9 Å². The Labute approximate surface area is 234 Å². The molecule has 2 atom stereocenters. The van der Waals surface area contributed by atoms with Gasteiger partial charge < -0.3 is 35.1 Å². The van der Waals surface area contributed by atoms with Gasteiger partial charge in [0.1, 0.15) is 42.5 Å². The summed E-state index contributed by atoms with van der Waals surface area (Å²) < 4.78 is 16.6. The van der Waals surface area contributed by atoms with Crippen molar-refractivity contribution < 1.29 is 33.4 Å². The number of ether oxygens (including phenoxy) is 3. The summed E-state index contributed by atoms with van der Waals surface area (Å²) in [4.78, 5) is 54.0. The minimum Gasteiger partial charge on any atom is -0.497 e. The molecule has 0 unspecified atom stereocenters. The van der Waals surface area contributed by atoms with Crippen LogP contribution in [0.2, 0.25) is 0 Å². The minimum absolute atomic E-state index is 0.133. The van der Waals surface area contributed by atoms with E-state index in [1.54, 1.807) is 62.7 Å². The average Bonchev–Trinajstić information content (AvgIpc) is 2.93. The van der Waals surface area contributed by atoms with Gasteiger partial charge in [0, 0.05) is 7.05 Å². The van der Waals surface area contributed by atoms with Crippen LogP contribution in [0, 0.1) is 5.92 Å². The fraction of sp³-hybridized carbons (Fsp3) is 0.448. The van der Waals surface area contributed by atoms with Crippen molar-refractivity contribution in [2.45, 2.75) is 38.8 Å². The van der Waals surface area contributed by atoms with Crippen LogP contribution < -0.4 is 30.2 Å². The molecule has 4 amide bonds. The second-order valence-electron chi connectivity index (χ2n) is 9.90. The molecule has 0 saturated heterocycles. The average molecular weight is 555 g/mol. The molecular weight excluding hydrogens is 516 g/mol. The number of likely N-dealkylation sites (N-methyl/N-ethyl adjacent to an activating group) is 1. The number of amides is 4. The first-order chi connectivity index (χ1) is 19.2. The minimum atomic E-state index is -1.20. The molecule has 1 aliphatic rings. The van der Waals surface area contributed by atoms with Gasteiger partial charge in [-0.1, -0.05) is 26.0 Å². The third-order valence-corrected chi connectivity index (χ3v) is 6.27. The number of hydrogen-bond acceptors (Lipinski definition) is 7. The normalized spacial score (nSPS) is 18.5. The van der Waals surface area contributed by atoms with E-state index in [9.17, 15) is 19.2 Å². The highest BCUT2D eigenvalue weighted by Crippen LogP contribution is 2.19. The second kappa shape index (κ2) is 14.8. The molecule has 40 heavy (non-hydrogen) atoms. The molecule has 3 N–H and O–H groups in total. The predicted molar refractivity (Wildman–Crippen MR) is 148 cm³/mol. The number of benzene rings is 2. The molecule has 11 nitrogen and oxygen atoms in total. The molecule has 1 heterocycles. The van der Waals surface area contributed by atoms with Gasteiger partial charge in [-0.25, -0.2) is 0 Å². The number of rotatable bonds is 8. The molecule has 0 saturated carbocycles. The van der Waals surface area contributed by atoms with Gasteiger partial charge in [-0.3, -0.25) is 19.2 Å². The maximum atomic E-state index is 13.2. The second-order valence-corrected chi connectivity index (χ2v) is 9.90. The summed E-state index contributed by atoms with van der Waals surface area (Å²) in [6.45, 7) is 4.62. The van der Waals surface area contributed by atoms with Crippen molar-refractivity contribution in [3.05, 3.63) is 54.1 Å². The fourth-order valence-electron chi connectivity index (χ4n) is 4.16. The molecule has 2 aromatic carbocycles. The summed E-state index contributed by atoms with van der Waals surface area (Å²) in [6, 6.07) is 11.6. The van der Waals surface area contributed by atoms with Crippen molar-refractivity contribution in [3.63, 3.8) is 0 Å². The molecule has 3 rings (SSSR count). The van der Waals surface area contributed by atoms with Gasteiger partial charge in [0.25, 0.3) is 5.91 Å². The van der Waals surface area contributed by atoms with Crippen LogP contribution in [0.5, 0.6) is 17.2 Å². The van der Waals surface area contributed by atoms with E-state index in [-0.39, 0.29) is 50.1 Å². The Bertz CT molecular complexity index is 1170. The molecule has 0 aromatic heterocycles. The van der Waals surface area contributed by atoms with Crippen LogP contribution in [-0.2, 0) is 14.4 Å². The largest absolute Gasteiger partial charge is 0.497 e. The fourth-order valence-corrected chi connectivity index (χ4v) is 4.16. The van der Waals surface area contributed by atoms with Crippen molar-refractivity contribution >= 4 is 23.6 Å². The number of methoxy groups -OCH3 is 1. The Morgan fingerprint density at radius 1 is 1.07 bits per heavy atom. The van der Waals surface area contributed by atoms with Crippen molar-refractivity contribution in [3.8, 4) is 17.2 Å². The van der Waals surface area contributed by atoms with E-state index in [1.165, 1.54) is 4.90 Å². The topological polar surface area (TPSA) is 135 Å². The maximum Gasteiger partial charge on any atom is 0.255 e. The number of hydrogen-bond donors (Lipinski definition) is 3. The lowest BCUT2D eigenvalue weighted by molar-refractivity contribution is -0.136. The third kappa shape index (κ3) is 8.89. The summed E-state index contributed by atoms with van der Waals surface area (Å²) >= 11 is 0. The lowest BCUT2D eigenvalue weighted by atomic mass is 10.0. The summed E-state index contributed by atoms with van der Waals surface area (Å²) in [5.74, 6) is -0.153. The van der Waals surface area contributed by atoms with Crippen molar-refractivity contribution in [1.29, 1.82) is 0 Å². The highest BCUT2D eigenvalue weighted by molar-refractivity contribution is 6.01. The highest BCUT2D eigenvalue weighted by Gasteiger charge is 2.30. The molecule has 216 valence electrons. The maximum absolute atomic E-state index is 13.2. The molecular formula is C29H38N4O7. The number of para-hydroxylation sites is 1. The molecule has 0 aliphatic carbocycles. The Balaban J connectivity index is 1.74. The van der Waals surface area contributed by atoms with E-state index in [0.29, 0.717) is 23.7 Å². The molecule has 11 heteroatoms. The van der Waals surface area contributed by atoms with E-state index < -0.39 is 29.8 Å². The highest BCUT2D eigenvalue weighted by atomic mass is 16.5. The third-order valence-electron chi connectivity index (χ3n) is 6.27. The van der Waals surface area contributed by atoms with E-state index >= 15 is 0 Å². The van der Waals surface area contributed by atoms with Crippen LogP contribution in [0.1, 0.15) is 37.0 Å². The van der Waals surface area contributed by atoms with Gasteiger partial charge in [-0.05, 0) is 48.7 Å². The standard InChI is InChI=1S/C29H38N4O7/c1-19(2)17-24-29(37)33(3)14-16-40-25-8-6-5-7-22(25)27(35)32-23(18-26(34)31-24)28(36)30-13-15-39-21-11-9-20(38-4)10-12-21/h5-12,19,23-24H,13-18H2,1-4H3,(H,30,36)(H,31,34)(H,32,35)/t23-,24+/m0/s1. The molecule has 2 aromatic rings. The number of carbonyl (C=O) groups excluding carboxylic acids is 4. The molecule has 1 aliphatic heterocycles. The zero-order valence-electron chi connectivity index (χ0n) is 23.4. The van der Waals surface area contributed by atoms with Crippen molar-refractivity contribution in [2.75, 3.05) is 40.5 Å².